The highest BCUT2D eigenvalue weighted by Gasteiger charge is 2.18. The fourth-order valence-electron chi connectivity index (χ4n) is 2.58. The number of anilines is 1. The van der Waals surface area contributed by atoms with E-state index in [1.54, 1.807) is 6.07 Å². The number of nitrogens with one attached hydrogen (secondary N) is 1. The topological polar surface area (TPSA) is 51.2 Å². The summed E-state index contributed by atoms with van der Waals surface area (Å²) in [6.07, 6.45) is 4.94. The van der Waals surface area contributed by atoms with E-state index < -0.39 is 0 Å². The van der Waals surface area contributed by atoms with Gasteiger partial charge in [-0.2, -0.15) is 0 Å². The van der Waals surface area contributed by atoms with Gasteiger partial charge in [-0.25, -0.2) is 9.78 Å². The molecule has 0 spiro atoms. The van der Waals surface area contributed by atoms with E-state index in [4.69, 9.17) is 4.74 Å². The highest BCUT2D eigenvalue weighted by molar-refractivity contribution is 5.90. The van der Waals surface area contributed by atoms with Crippen LogP contribution in [0.5, 0.6) is 0 Å². The van der Waals surface area contributed by atoms with E-state index in [0.29, 0.717) is 17.3 Å². The van der Waals surface area contributed by atoms with Crippen LogP contribution in [0.3, 0.4) is 0 Å². The molecule has 0 atom stereocenters. The van der Waals surface area contributed by atoms with Gasteiger partial charge in [0.2, 0.25) is 0 Å². The first-order valence-corrected chi connectivity index (χ1v) is 6.92. The number of ether oxygens (including phenoxy) is 1. The van der Waals surface area contributed by atoms with E-state index in [-0.39, 0.29) is 5.97 Å². The summed E-state index contributed by atoms with van der Waals surface area (Å²) in [4.78, 5) is 15.9. The van der Waals surface area contributed by atoms with Crippen LogP contribution in [0.4, 0.5) is 5.82 Å². The molecule has 104 valence electrons. The van der Waals surface area contributed by atoms with Crippen molar-refractivity contribution in [2.45, 2.75) is 45.6 Å². The molecule has 0 unspecified atom stereocenters. The summed E-state index contributed by atoms with van der Waals surface area (Å²) in [6, 6.07) is 4.14. The minimum Gasteiger partial charge on any atom is -0.465 e. The average Bonchev–Trinajstić information content (AvgIpc) is 2.41. The molecular formula is C15H22N2O2. The van der Waals surface area contributed by atoms with Crippen molar-refractivity contribution in [2.24, 2.45) is 5.92 Å². The van der Waals surface area contributed by atoms with Gasteiger partial charge in [0, 0.05) is 6.04 Å². The lowest BCUT2D eigenvalue weighted by Gasteiger charge is -2.27. The molecule has 0 aliphatic heterocycles. The average molecular weight is 262 g/mol. The lowest BCUT2D eigenvalue weighted by molar-refractivity contribution is 0.0599. The standard InChI is InChI=1S/C15H22N2O2/c1-10-4-6-12(7-5-10)17-14-9-8-13(11(2)16-14)15(18)19-3/h8-10,12H,4-7H2,1-3H3,(H,16,17). The van der Waals surface area contributed by atoms with Gasteiger partial charge in [-0.05, 0) is 50.7 Å². The molecule has 1 N–H and O–H groups in total. The molecule has 0 saturated heterocycles. The van der Waals surface area contributed by atoms with Crippen molar-refractivity contribution in [1.82, 2.24) is 4.98 Å². The minimum absolute atomic E-state index is 0.331. The summed E-state index contributed by atoms with van der Waals surface area (Å²) in [5.41, 5.74) is 1.24. The van der Waals surface area contributed by atoms with E-state index in [1.807, 2.05) is 13.0 Å². The maximum absolute atomic E-state index is 11.5. The normalized spacial score (nSPS) is 22.9. The zero-order valence-electron chi connectivity index (χ0n) is 11.9. The van der Waals surface area contributed by atoms with Crippen LogP contribution in [0.2, 0.25) is 0 Å². The maximum atomic E-state index is 11.5. The molecule has 2 rings (SSSR count). The second-order valence-electron chi connectivity index (χ2n) is 5.42. The lowest BCUT2D eigenvalue weighted by Crippen LogP contribution is -2.25. The Balaban J connectivity index is 2.02. The van der Waals surface area contributed by atoms with Gasteiger partial charge in [-0.15, -0.1) is 0 Å². The third-order valence-electron chi connectivity index (χ3n) is 3.86. The molecule has 1 aliphatic rings. The molecule has 1 aromatic heterocycles. The van der Waals surface area contributed by atoms with Crippen LogP contribution >= 0.6 is 0 Å². The Morgan fingerprint density at radius 1 is 1.32 bits per heavy atom. The number of hydrogen-bond donors (Lipinski definition) is 1. The molecule has 0 bridgehead atoms. The lowest BCUT2D eigenvalue weighted by atomic mass is 9.87. The highest BCUT2D eigenvalue weighted by atomic mass is 16.5. The van der Waals surface area contributed by atoms with Gasteiger partial charge in [0.25, 0.3) is 0 Å². The number of pyridine rings is 1. The summed E-state index contributed by atoms with van der Waals surface area (Å²) in [6.45, 7) is 4.14. The molecule has 1 fully saturated rings. The minimum atomic E-state index is -0.331. The van der Waals surface area contributed by atoms with E-state index in [2.05, 4.69) is 17.2 Å². The van der Waals surface area contributed by atoms with Crippen molar-refractivity contribution in [1.29, 1.82) is 0 Å². The Morgan fingerprint density at radius 2 is 2.00 bits per heavy atom. The highest BCUT2D eigenvalue weighted by Crippen LogP contribution is 2.25. The summed E-state index contributed by atoms with van der Waals surface area (Å²) >= 11 is 0. The van der Waals surface area contributed by atoms with E-state index in [1.165, 1.54) is 32.8 Å². The van der Waals surface area contributed by atoms with Crippen LogP contribution in [0.25, 0.3) is 0 Å². The van der Waals surface area contributed by atoms with Gasteiger partial charge in [0.15, 0.2) is 0 Å². The van der Waals surface area contributed by atoms with E-state index in [9.17, 15) is 4.79 Å². The van der Waals surface area contributed by atoms with Gasteiger partial charge in [0.05, 0.1) is 18.4 Å². The van der Waals surface area contributed by atoms with Crippen LogP contribution in [0, 0.1) is 12.8 Å². The second-order valence-corrected chi connectivity index (χ2v) is 5.42. The van der Waals surface area contributed by atoms with Gasteiger partial charge < -0.3 is 10.1 Å². The Morgan fingerprint density at radius 3 is 2.58 bits per heavy atom. The Labute approximate surface area is 114 Å². The number of nitrogens with zero attached hydrogens (tertiary/aromatic N) is 1. The maximum Gasteiger partial charge on any atom is 0.339 e. The molecular weight excluding hydrogens is 240 g/mol. The number of hydrogen-bond acceptors (Lipinski definition) is 4. The molecule has 1 heterocycles. The van der Waals surface area contributed by atoms with Gasteiger partial charge in [0.1, 0.15) is 5.82 Å². The number of methoxy groups -OCH3 is 1. The molecule has 4 nitrogen and oxygen atoms in total. The molecule has 0 aromatic carbocycles. The first-order chi connectivity index (χ1) is 9.10. The van der Waals surface area contributed by atoms with Crippen molar-refractivity contribution in [3.05, 3.63) is 23.4 Å². The molecule has 1 saturated carbocycles. The molecule has 0 radical (unpaired) electrons. The van der Waals surface area contributed by atoms with Crippen molar-refractivity contribution < 1.29 is 9.53 Å². The van der Waals surface area contributed by atoms with Crippen LogP contribution in [0.15, 0.2) is 12.1 Å². The summed E-state index contributed by atoms with van der Waals surface area (Å²) in [5.74, 6) is 1.36. The summed E-state index contributed by atoms with van der Waals surface area (Å²) < 4.78 is 4.72. The van der Waals surface area contributed by atoms with Gasteiger partial charge in [-0.1, -0.05) is 6.92 Å². The van der Waals surface area contributed by atoms with Crippen LogP contribution < -0.4 is 5.32 Å². The van der Waals surface area contributed by atoms with Crippen molar-refractivity contribution in [2.75, 3.05) is 12.4 Å². The SMILES string of the molecule is COC(=O)c1ccc(NC2CCC(C)CC2)nc1C. The molecule has 1 aliphatic carbocycles. The van der Waals surface area contributed by atoms with Crippen LogP contribution in [0.1, 0.15) is 48.7 Å². The predicted molar refractivity (Wildman–Crippen MR) is 75.4 cm³/mol. The molecule has 19 heavy (non-hydrogen) atoms. The first kappa shape index (κ1) is 13.8. The number of aromatic nitrogens is 1. The van der Waals surface area contributed by atoms with Crippen molar-refractivity contribution in [3.8, 4) is 0 Å². The molecule has 0 amide bonds. The summed E-state index contributed by atoms with van der Waals surface area (Å²) in [5, 5.41) is 3.46. The number of carbonyl (C=O) groups excluding carboxylic acids is 1. The zero-order chi connectivity index (χ0) is 13.8. The van der Waals surface area contributed by atoms with E-state index >= 15 is 0 Å². The number of esters is 1. The Kier molecular flexibility index (Phi) is 4.40. The first-order valence-electron chi connectivity index (χ1n) is 6.92. The van der Waals surface area contributed by atoms with Crippen molar-refractivity contribution in [3.63, 3.8) is 0 Å². The second kappa shape index (κ2) is 6.04. The third kappa shape index (κ3) is 3.46. The smallest absolute Gasteiger partial charge is 0.339 e. The van der Waals surface area contributed by atoms with Crippen molar-refractivity contribution >= 4 is 11.8 Å². The fraction of sp³-hybridized carbons (Fsp3) is 0.600. The zero-order valence-corrected chi connectivity index (χ0v) is 11.9. The fourth-order valence-corrected chi connectivity index (χ4v) is 2.58. The molecule has 1 aromatic rings. The van der Waals surface area contributed by atoms with Gasteiger partial charge >= 0.3 is 5.97 Å². The summed E-state index contributed by atoms with van der Waals surface area (Å²) in [7, 11) is 1.39. The Hall–Kier alpha value is -1.58. The largest absolute Gasteiger partial charge is 0.465 e. The number of carbonyl (C=O) groups is 1. The number of rotatable bonds is 3. The Bertz CT molecular complexity index is 451. The number of aryl methyl sites for hydroxylation is 1. The van der Waals surface area contributed by atoms with E-state index in [0.717, 1.165) is 11.7 Å². The van der Waals surface area contributed by atoms with Crippen LogP contribution in [-0.4, -0.2) is 24.1 Å². The quantitative estimate of drug-likeness (QED) is 0.850. The predicted octanol–water partition coefficient (Wildman–Crippen LogP) is 3.17. The van der Waals surface area contributed by atoms with Crippen LogP contribution in [-0.2, 0) is 4.74 Å². The third-order valence-corrected chi connectivity index (χ3v) is 3.86. The molecule has 4 heteroatoms. The van der Waals surface area contributed by atoms with Gasteiger partial charge in [-0.3, -0.25) is 0 Å². The monoisotopic (exact) mass is 262 g/mol.